The van der Waals surface area contributed by atoms with Crippen molar-refractivity contribution >= 4 is 10.0 Å². The van der Waals surface area contributed by atoms with E-state index in [0.29, 0.717) is 6.42 Å². The highest BCUT2D eigenvalue weighted by Gasteiger charge is 2.23. The summed E-state index contributed by atoms with van der Waals surface area (Å²) in [6.45, 7) is 5.13. The molecule has 13 heavy (non-hydrogen) atoms. The fraction of sp³-hybridized carbons (Fsp3) is 1.00. The van der Waals surface area contributed by atoms with Crippen LogP contribution in [0.2, 0.25) is 0 Å². The van der Waals surface area contributed by atoms with Crippen LogP contribution in [0.25, 0.3) is 0 Å². The zero-order valence-corrected chi connectivity index (χ0v) is 9.56. The van der Waals surface area contributed by atoms with Crippen LogP contribution in [-0.4, -0.2) is 42.8 Å². The van der Waals surface area contributed by atoms with Gasteiger partial charge in [-0.3, -0.25) is 0 Å². The molecule has 0 rings (SSSR count). The summed E-state index contributed by atoms with van der Waals surface area (Å²) in [7, 11) is -1.68. The van der Waals surface area contributed by atoms with Crippen LogP contribution in [0.4, 0.5) is 0 Å². The first-order valence-electron chi connectivity index (χ1n) is 4.35. The van der Waals surface area contributed by atoms with Crippen LogP contribution in [0, 0.1) is 0 Å². The predicted octanol–water partition coefficient (Wildman–Crippen LogP) is 0.429. The van der Waals surface area contributed by atoms with E-state index in [9.17, 15) is 13.5 Å². The number of hydrogen-bond donors (Lipinski definition) is 1. The number of hydrogen-bond acceptors (Lipinski definition) is 3. The van der Waals surface area contributed by atoms with E-state index in [1.54, 1.807) is 13.8 Å². The molecule has 0 spiro atoms. The van der Waals surface area contributed by atoms with Crippen LogP contribution >= 0.6 is 0 Å². The summed E-state index contributed by atoms with van der Waals surface area (Å²) >= 11 is 0. The summed E-state index contributed by atoms with van der Waals surface area (Å²) < 4.78 is 24.1. The molecule has 0 aromatic rings. The summed E-state index contributed by atoms with van der Waals surface area (Å²) in [4.78, 5) is 0. The van der Waals surface area contributed by atoms with Crippen molar-refractivity contribution in [2.75, 3.05) is 19.3 Å². The molecule has 0 aromatic carbocycles. The Labute approximate surface area is 80.6 Å². The molecule has 0 fully saturated rings. The van der Waals surface area contributed by atoms with Gasteiger partial charge < -0.3 is 5.11 Å². The molecular weight excluding hydrogens is 190 g/mol. The second-order valence-electron chi connectivity index (χ2n) is 3.88. The fourth-order valence-electron chi connectivity index (χ4n) is 1.06. The Morgan fingerprint density at radius 3 is 2.15 bits per heavy atom. The van der Waals surface area contributed by atoms with Gasteiger partial charge in [-0.15, -0.1) is 0 Å². The Morgan fingerprint density at radius 2 is 1.85 bits per heavy atom. The zero-order chi connectivity index (χ0) is 10.7. The monoisotopic (exact) mass is 209 g/mol. The van der Waals surface area contributed by atoms with E-state index < -0.39 is 15.6 Å². The minimum atomic E-state index is -3.17. The van der Waals surface area contributed by atoms with Gasteiger partial charge in [0.2, 0.25) is 10.0 Å². The topological polar surface area (TPSA) is 57.6 Å². The molecule has 0 amide bonds. The molecule has 0 bridgehead atoms. The zero-order valence-electron chi connectivity index (χ0n) is 8.74. The summed E-state index contributed by atoms with van der Waals surface area (Å²) in [5, 5.41) is 9.41. The van der Waals surface area contributed by atoms with Crippen LogP contribution in [-0.2, 0) is 10.0 Å². The van der Waals surface area contributed by atoms with Crippen LogP contribution in [0.5, 0.6) is 0 Å². The fourth-order valence-corrected chi connectivity index (χ4v) is 2.40. The van der Waals surface area contributed by atoms with Crippen LogP contribution in [0.1, 0.15) is 27.2 Å². The maximum absolute atomic E-state index is 11.4. The second kappa shape index (κ2) is 4.39. The van der Waals surface area contributed by atoms with Crippen molar-refractivity contribution in [1.29, 1.82) is 0 Å². The SMILES string of the molecule is CCCS(=O)(=O)N(C)CC(C)(C)O. The third-order valence-corrected chi connectivity index (χ3v) is 3.55. The summed E-state index contributed by atoms with van der Waals surface area (Å²) in [5.74, 6) is 0.138. The van der Waals surface area contributed by atoms with Gasteiger partial charge in [0.25, 0.3) is 0 Å². The van der Waals surface area contributed by atoms with Gasteiger partial charge in [-0.2, -0.15) is 0 Å². The quantitative estimate of drug-likeness (QED) is 0.714. The van der Waals surface area contributed by atoms with E-state index in [1.807, 2.05) is 6.92 Å². The Kier molecular flexibility index (Phi) is 4.35. The Bertz CT molecular complexity index is 241. The Morgan fingerprint density at radius 1 is 1.38 bits per heavy atom. The molecule has 0 aliphatic heterocycles. The third-order valence-electron chi connectivity index (χ3n) is 1.55. The number of sulfonamides is 1. The number of aliphatic hydroxyl groups is 1. The van der Waals surface area contributed by atoms with Crippen molar-refractivity contribution in [3.8, 4) is 0 Å². The summed E-state index contributed by atoms with van der Waals surface area (Å²) in [6.07, 6.45) is 0.596. The molecule has 0 aliphatic rings. The lowest BCUT2D eigenvalue weighted by molar-refractivity contribution is 0.0640. The molecule has 0 aromatic heterocycles. The van der Waals surface area contributed by atoms with Gasteiger partial charge >= 0.3 is 0 Å². The van der Waals surface area contributed by atoms with Gasteiger partial charge in [-0.05, 0) is 20.3 Å². The highest BCUT2D eigenvalue weighted by molar-refractivity contribution is 7.89. The molecule has 0 atom stereocenters. The maximum atomic E-state index is 11.4. The van der Waals surface area contributed by atoms with Crippen LogP contribution in [0.3, 0.4) is 0 Å². The van der Waals surface area contributed by atoms with Crippen molar-refractivity contribution < 1.29 is 13.5 Å². The number of nitrogens with zero attached hydrogens (tertiary/aromatic N) is 1. The Hall–Kier alpha value is -0.130. The van der Waals surface area contributed by atoms with Gasteiger partial charge in [0.15, 0.2) is 0 Å². The third kappa shape index (κ3) is 5.23. The largest absolute Gasteiger partial charge is 0.389 e. The van der Waals surface area contributed by atoms with Gasteiger partial charge in [-0.1, -0.05) is 6.92 Å². The van der Waals surface area contributed by atoms with Gasteiger partial charge in [0.05, 0.1) is 11.4 Å². The molecule has 0 radical (unpaired) electrons. The van der Waals surface area contributed by atoms with Gasteiger partial charge in [0.1, 0.15) is 0 Å². The molecule has 5 heteroatoms. The molecule has 0 heterocycles. The highest BCUT2D eigenvalue weighted by atomic mass is 32.2. The van der Waals surface area contributed by atoms with Gasteiger partial charge in [0, 0.05) is 13.6 Å². The van der Waals surface area contributed by atoms with E-state index in [2.05, 4.69) is 0 Å². The van der Waals surface area contributed by atoms with Crippen LogP contribution in [0.15, 0.2) is 0 Å². The average molecular weight is 209 g/mol. The summed E-state index contributed by atoms with van der Waals surface area (Å²) in [6, 6.07) is 0. The molecule has 0 saturated carbocycles. The first-order chi connectivity index (χ1) is 5.69. The lowest BCUT2D eigenvalue weighted by Crippen LogP contribution is -2.40. The van der Waals surface area contributed by atoms with E-state index in [0.717, 1.165) is 0 Å². The van der Waals surface area contributed by atoms with E-state index >= 15 is 0 Å². The second-order valence-corrected chi connectivity index (χ2v) is 6.08. The first-order valence-corrected chi connectivity index (χ1v) is 5.96. The minimum absolute atomic E-state index is 0.134. The van der Waals surface area contributed by atoms with Crippen molar-refractivity contribution in [1.82, 2.24) is 4.31 Å². The lowest BCUT2D eigenvalue weighted by Gasteiger charge is -2.24. The normalized spacial score (nSPS) is 13.7. The van der Waals surface area contributed by atoms with E-state index in [1.165, 1.54) is 11.4 Å². The molecule has 80 valence electrons. The van der Waals surface area contributed by atoms with Gasteiger partial charge in [-0.25, -0.2) is 12.7 Å². The minimum Gasteiger partial charge on any atom is -0.389 e. The molecule has 4 nitrogen and oxygen atoms in total. The van der Waals surface area contributed by atoms with Crippen molar-refractivity contribution in [3.05, 3.63) is 0 Å². The molecule has 0 saturated heterocycles. The maximum Gasteiger partial charge on any atom is 0.213 e. The number of likely N-dealkylation sites (N-methyl/N-ethyl adjacent to an activating group) is 1. The van der Waals surface area contributed by atoms with E-state index in [-0.39, 0.29) is 12.3 Å². The predicted molar refractivity (Wildman–Crippen MR) is 53.0 cm³/mol. The molecular formula is C8H19NO3S. The Balaban J connectivity index is 4.35. The van der Waals surface area contributed by atoms with Crippen LogP contribution < -0.4 is 0 Å². The average Bonchev–Trinajstić information content (AvgIpc) is 1.82. The smallest absolute Gasteiger partial charge is 0.213 e. The first kappa shape index (κ1) is 12.9. The van der Waals surface area contributed by atoms with Crippen molar-refractivity contribution in [2.45, 2.75) is 32.8 Å². The standard InChI is InChI=1S/C8H19NO3S/c1-5-6-13(11,12)9(4)7-8(2,3)10/h10H,5-7H2,1-4H3. The molecule has 0 aliphatic carbocycles. The van der Waals surface area contributed by atoms with Crippen molar-refractivity contribution in [2.24, 2.45) is 0 Å². The van der Waals surface area contributed by atoms with E-state index in [4.69, 9.17) is 0 Å². The molecule has 0 unspecified atom stereocenters. The highest BCUT2D eigenvalue weighted by Crippen LogP contribution is 2.08. The lowest BCUT2D eigenvalue weighted by atomic mass is 10.1. The summed E-state index contributed by atoms with van der Waals surface area (Å²) in [5.41, 5.74) is -0.977. The van der Waals surface area contributed by atoms with Crippen molar-refractivity contribution in [3.63, 3.8) is 0 Å². The molecule has 1 N–H and O–H groups in total. The number of rotatable bonds is 5.